The van der Waals surface area contributed by atoms with Crippen LogP contribution in [0.25, 0.3) is 0 Å². The van der Waals surface area contributed by atoms with Crippen LogP contribution in [0.1, 0.15) is 12.8 Å². The van der Waals surface area contributed by atoms with E-state index >= 15 is 0 Å². The van der Waals surface area contributed by atoms with Crippen LogP contribution in [0.4, 0.5) is 10.6 Å². The summed E-state index contributed by atoms with van der Waals surface area (Å²) in [6, 6.07) is 3.46. The molecule has 17 heavy (non-hydrogen) atoms. The van der Waals surface area contributed by atoms with Crippen LogP contribution >= 0.6 is 11.6 Å². The molecule has 2 rings (SSSR count). The molecule has 0 aromatic carbocycles. The lowest BCUT2D eigenvalue weighted by Gasteiger charge is -2.31. The summed E-state index contributed by atoms with van der Waals surface area (Å²) < 4.78 is 0. The lowest BCUT2D eigenvalue weighted by molar-refractivity contribution is 0.133. The molecule has 1 aromatic rings. The highest BCUT2D eigenvalue weighted by Gasteiger charge is 2.23. The van der Waals surface area contributed by atoms with Crippen molar-refractivity contribution < 1.29 is 9.90 Å². The number of hydrogen-bond donors (Lipinski definition) is 2. The van der Waals surface area contributed by atoms with Crippen LogP contribution in [0.3, 0.4) is 0 Å². The molecule has 0 spiro atoms. The Bertz CT molecular complexity index is 398. The Morgan fingerprint density at radius 2 is 2.35 bits per heavy atom. The predicted molar refractivity (Wildman–Crippen MR) is 63.3 cm³/mol. The van der Waals surface area contributed by atoms with Crippen molar-refractivity contribution in [3.63, 3.8) is 0 Å². The van der Waals surface area contributed by atoms with Gasteiger partial charge in [-0.3, -0.25) is 0 Å². The molecule has 0 saturated carbocycles. The van der Waals surface area contributed by atoms with Gasteiger partial charge in [-0.1, -0.05) is 11.6 Å². The van der Waals surface area contributed by atoms with Crippen molar-refractivity contribution in [2.45, 2.75) is 18.9 Å². The first-order chi connectivity index (χ1) is 8.15. The summed E-state index contributed by atoms with van der Waals surface area (Å²) in [7, 11) is 0. The zero-order valence-electron chi connectivity index (χ0n) is 9.14. The average Bonchev–Trinajstić information content (AvgIpc) is 2.32. The third-order valence-electron chi connectivity index (χ3n) is 2.68. The molecule has 92 valence electrons. The number of rotatable bonds is 2. The average molecular weight is 257 g/mol. The van der Waals surface area contributed by atoms with Crippen molar-refractivity contribution >= 4 is 23.5 Å². The van der Waals surface area contributed by atoms with Crippen molar-refractivity contribution in [2.24, 2.45) is 0 Å². The molecule has 0 unspecified atom stereocenters. The highest BCUT2D eigenvalue weighted by molar-refractivity contribution is 6.29. The second kappa shape index (κ2) is 5.18. The molecule has 1 fully saturated rings. The molecular formula is C10H13ClN4O2. The van der Waals surface area contributed by atoms with Gasteiger partial charge in [-0.25, -0.2) is 4.79 Å². The van der Waals surface area contributed by atoms with Gasteiger partial charge in [0.15, 0.2) is 5.15 Å². The van der Waals surface area contributed by atoms with E-state index in [1.165, 1.54) is 4.90 Å². The predicted octanol–water partition coefficient (Wildman–Crippen LogP) is 1.68. The molecule has 0 bridgehead atoms. The van der Waals surface area contributed by atoms with Gasteiger partial charge in [0.05, 0.1) is 0 Å². The Morgan fingerprint density at radius 3 is 3.00 bits per heavy atom. The Morgan fingerprint density at radius 1 is 1.53 bits per heavy atom. The lowest BCUT2D eigenvalue weighted by atomic mass is 10.1. The van der Waals surface area contributed by atoms with Crippen molar-refractivity contribution in [3.05, 3.63) is 17.3 Å². The number of halogens is 1. The van der Waals surface area contributed by atoms with E-state index in [9.17, 15) is 4.79 Å². The van der Waals surface area contributed by atoms with E-state index in [1.54, 1.807) is 12.1 Å². The van der Waals surface area contributed by atoms with Gasteiger partial charge in [0.2, 0.25) is 0 Å². The fraction of sp³-hybridized carbons (Fsp3) is 0.500. The quantitative estimate of drug-likeness (QED) is 0.842. The van der Waals surface area contributed by atoms with E-state index in [0.29, 0.717) is 24.1 Å². The smallest absolute Gasteiger partial charge is 0.407 e. The molecule has 1 saturated heterocycles. The maximum absolute atomic E-state index is 10.8. The number of nitrogens with one attached hydrogen (secondary N) is 1. The van der Waals surface area contributed by atoms with Gasteiger partial charge >= 0.3 is 6.09 Å². The molecule has 2 heterocycles. The number of anilines is 1. The normalized spacial score (nSPS) is 20.1. The third-order valence-corrected chi connectivity index (χ3v) is 2.88. The molecule has 2 N–H and O–H groups in total. The highest BCUT2D eigenvalue weighted by atomic mass is 35.5. The number of nitrogens with zero attached hydrogens (tertiary/aromatic N) is 3. The number of hydrogen-bond acceptors (Lipinski definition) is 4. The van der Waals surface area contributed by atoms with Gasteiger partial charge in [-0.2, -0.15) is 0 Å². The molecule has 1 amide bonds. The Hall–Kier alpha value is -1.56. The fourth-order valence-electron chi connectivity index (χ4n) is 1.87. The van der Waals surface area contributed by atoms with E-state index < -0.39 is 6.09 Å². The maximum atomic E-state index is 10.8. The molecule has 1 atom stereocenters. The van der Waals surface area contributed by atoms with E-state index in [2.05, 4.69) is 15.5 Å². The van der Waals surface area contributed by atoms with Gasteiger partial charge < -0.3 is 15.3 Å². The first-order valence-corrected chi connectivity index (χ1v) is 5.76. The van der Waals surface area contributed by atoms with Gasteiger partial charge in [0.1, 0.15) is 5.82 Å². The summed E-state index contributed by atoms with van der Waals surface area (Å²) in [5, 5.41) is 20.0. The van der Waals surface area contributed by atoms with Crippen LogP contribution in [0.15, 0.2) is 12.1 Å². The third kappa shape index (κ3) is 3.20. The van der Waals surface area contributed by atoms with Crippen LogP contribution in [0, 0.1) is 0 Å². The molecule has 0 radical (unpaired) electrons. The second-order valence-corrected chi connectivity index (χ2v) is 4.34. The zero-order valence-corrected chi connectivity index (χ0v) is 9.89. The molecule has 1 aliphatic heterocycles. The van der Waals surface area contributed by atoms with Gasteiger partial charge in [-0.05, 0) is 25.0 Å². The number of carbonyl (C=O) groups is 1. The van der Waals surface area contributed by atoms with Crippen LogP contribution in [0.5, 0.6) is 0 Å². The first-order valence-electron chi connectivity index (χ1n) is 5.39. The van der Waals surface area contributed by atoms with Crippen molar-refractivity contribution in [1.82, 2.24) is 15.1 Å². The molecule has 7 heteroatoms. The topological polar surface area (TPSA) is 78.4 Å². The Kier molecular flexibility index (Phi) is 3.63. The van der Waals surface area contributed by atoms with Crippen molar-refractivity contribution in [3.8, 4) is 0 Å². The number of carboxylic acid groups (broad SMARTS) is 1. The second-order valence-electron chi connectivity index (χ2n) is 3.95. The number of aromatic nitrogens is 2. The van der Waals surface area contributed by atoms with Crippen LogP contribution in [-0.2, 0) is 0 Å². The van der Waals surface area contributed by atoms with Gasteiger partial charge in [0, 0.05) is 19.1 Å². The number of likely N-dealkylation sites (tertiary alicyclic amines) is 1. The number of amides is 1. The monoisotopic (exact) mass is 256 g/mol. The van der Waals surface area contributed by atoms with E-state index in [0.717, 1.165) is 12.8 Å². The van der Waals surface area contributed by atoms with Crippen LogP contribution in [-0.4, -0.2) is 45.4 Å². The lowest BCUT2D eigenvalue weighted by Crippen LogP contribution is -2.44. The number of piperidine rings is 1. The Labute approximate surface area is 104 Å². The highest BCUT2D eigenvalue weighted by Crippen LogP contribution is 2.15. The van der Waals surface area contributed by atoms with Crippen molar-refractivity contribution in [1.29, 1.82) is 0 Å². The molecule has 1 aliphatic rings. The van der Waals surface area contributed by atoms with E-state index in [1.807, 2.05) is 0 Å². The minimum atomic E-state index is -0.876. The standard InChI is InChI=1S/C10H13ClN4O2/c11-8-3-4-9(14-13-8)12-7-2-1-5-15(6-7)10(16)17/h3-4,7H,1-2,5-6H2,(H,12,14)(H,16,17)/t7-/m1/s1. The summed E-state index contributed by atoms with van der Waals surface area (Å²) in [4.78, 5) is 12.3. The summed E-state index contributed by atoms with van der Waals surface area (Å²) in [6.07, 6.45) is 0.901. The summed E-state index contributed by atoms with van der Waals surface area (Å²) >= 11 is 5.63. The summed E-state index contributed by atoms with van der Waals surface area (Å²) in [5.41, 5.74) is 0. The molecular weight excluding hydrogens is 244 g/mol. The van der Waals surface area contributed by atoms with E-state index in [-0.39, 0.29) is 6.04 Å². The Balaban J connectivity index is 1.94. The minimum Gasteiger partial charge on any atom is -0.465 e. The molecule has 0 aliphatic carbocycles. The van der Waals surface area contributed by atoms with Crippen molar-refractivity contribution in [2.75, 3.05) is 18.4 Å². The van der Waals surface area contributed by atoms with E-state index in [4.69, 9.17) is 16.7 Å². The molecule has 6 nitrogen and oxygen atoms in total. The van der Waals surface area contributed by atoms with Crippen LogP contribution < -0.4 is 5.32 Å². The summed E-state index contributed by atoms with van der Waals surface area (Å²) in [6.45, 7) is 1.07. The molecule has 1 aromatic heterocycles. The summed E-state index contributed by atoms with van der Waals surface area (Å²) in [5.74, 6) is 0.617. The largest absolute Gasteiger partial charge is 0.465 e. The fourth-order valence-corrected chi connectivity index (χ4v) is 1.97. The first kappa shape index (κ1) is 11.9. The van der Waals surface area contributed by atoms with Gasteiger partial charge in [-0.15, -0.1) is 10.2 Å². The van der Waals surface area contributed by atoms with Crippen LogP contribution in [0.2, 0.25) is 5.15 Å². The maximum Gasteiger partial charge on any atom is 0.407 e. The zero-order chi connectivity index (χ0) is 12.3. The SMILES string of the molecule is O=C(O)N1CCC[C@@H](Nc2ccc(Cl)nn2)C1. The minimum absolute atomic E-state index is 0.0790. The van der Waals surface area contributed by atoms with Gasteiger partial charge in [0.25, 0.3) is 0 Å².